The lowest BCUT2D eigenvalue weighted by Crippen LogP contribution is -2.17. The molecule has 0 aliphatic heterocycles. The molecular weight excluding hydrogens is 431 g/mol. The zero-order valence-electron chi connectivity index (χ0n) is 16.7. The Balaban J connectivity index is 1.65. The van der Waals surface area contributed by atoms with Crippen LogP contribution >= 0.6 is 11.8 Å². The molecule has 164 valence electrons. The van der Waals surface area contributed by atoms with E-state index in [1.54, 1.807) is 18.2 Å². The molecule has 0 bridgehead atoms. The number of carbonyl (C=O) groups is 1. The Labute approximate surface area is 180 Å². The second-order valence-electron chi connectivity index (χ2n) is 6.79. The van der Waals surface area contributed by atoms with Crippen molar-refractivity contribution in [3.05, 3.63) is 54.1 Å². The maximum atomic E-state index is 12.8. The largest absolute Gasteiger partial charge is 0.491 e. The summed E-state index contributed by atoms with van der Waals surface area (Å²) in [4.78, 5) is 12.2. The highest BCUT2D eigenvalue weighted by atomic mass is 32.2. The summed E-state index contributed by atoms with van der Waals surface area (Å²) in [5, 5.41) is 10.8. The molecule has 0 saturated carbocycles. The first-order chi connectivity index (χ1) is 14.6. The van der Waals surface area contributed by atoms with Gasteiger partial charge in [-0.15, -0.1) is 10.2 Å². The number of aromatic nitrogens is 3. The van der Waals surface area contributed by atoms with Crippen LogP contribution in [0.1, 0.15) is 19.4 Å². The van der Waals surface area contributed by atoms with Crippen LogP contribution < -0.4 is 15.9 Å². The summed E-state index contributed by atoms with van der Waals surface area (Å²) >= 11 is 1.01. The lowest BCUT2D eigenvalue weighted by molar-refractivity contribution is -0.137. The number of hydrogen-bond acceptors (Lipinski definition) is 6. The molecule has 0 saturated heterocycles. The minimum absolute atomic E-state index is 0.00690. The second kappa shape index (κ2) is 9.29. The number of nitrogen functional groups attached to an aromatic ring is 1. The third-order valence-electron chi connectivity index (χ3n) is 3.93. The quantitative estimate of drug-likeness (QED) is 0.413. The van der Waals surface area contributed by atoms with Crippen LogP contribution in [0, 0.1) is 0 Å². The lowest BCUT2D eigenvalue weighted by Gasteiger charge is -2.11. The molecule has 0 aliphatic carbocycles. The molecule has 0 aliphatic rings. The van der Waals surface area contributed by atoms with Crippen LogP contribution in [0.5, 0.6) is 5.75 Å². The SMILES string of the molecule is CC(C)Oc1cccc(-c2nnc(SCC(=O)Nc3cccc(C(F)(F)F)c3)n2N)c1. The molecule has 7 nitrogen and oxygen atoms in total. The molecule has 1 amide bonds. The smallest absolute Gasteiger partial charge is 0.416 e. The van der Waals surface area contributed by atoms with E-state index >= 15 is 0 Å². The van der Waals surface area contributed by atoms with E-state index in [1.807, 2.05) is 19.9 Å². The Morgan fingerprint density at radius 2 is 1.94 bits per heavy atom. The van der Waals surface area contributed by atoms with Gasteiger partial charge in [0.1, 0.15) is 5.75 Å². The number of hydrogen-bond donors (Lipinski definition) is 2. The topological polar surface area (TPSA) is 95.1 Å². The Morgan fingerprint density at radius 1 is 1.19 bits per heavy atom. The number of amides is 1. The Morgan fingerprint density at radius 3 is 2.65 bits per heavy atom. The third kappa shape index (κ3) is 5.91. The number of benzene rings is 2. The van der Waals surface area contributed by atoms with Crippen LogP contribution in [-0.2, 0) is 11.0 Å². The molecular formula is C20H20F3N5O2S. The van der Waals surface area contributed by atoms with Gasteiger partial charge in [0.2, 0.25) is 11.1 Å². The fourth-order valence-electron chi connectivity index (χ4n) is 2.65. The second-order valence-corrected chi connectivity index (χ2v) is 7.73. The number of nitrogens with one attached hydrogen (secondary N) is 1. The van der Waals surface area contributed by atoms with Crippen LogP contribution in [0.25, 0.3) is 11.4 Å². The summed E-state index contributed by atoms with van der Waals surface area (Å²) in [6, 6.07) is 11.6. The maximum absolute atomic E-state index is 12.8. The first-order valence-electron chi connectivity index (χ1n) is 9.21. The molecule has 0 radical (unpaired) electrons. The number of thioether (sulfide) groups is 1. The van der Waals surface area contributed by atoms with Crippen LogP contribution in [0.15, 0.2) is 53.7 Å². The molecule has 11 heteroatoms. The van der Waals surface area contributed by atoms with E-state index in [2.05, 4.69) is 15.5 Å². The monoisotopic (exact) mass is 451 g/mol. The van der Waals surface area contributed by atoms with Gasteiger partial charge in [-0.25, -0.2) is 4.68 Å². The van der Waals surface area contributed by atoms with Gasteiger partial charge >= 0.3 is 6.18 Å². The van der Waals surface area contributed by atoms with Crippen LogP contribution in [0.2, 0.25) is 0 Å². The molecule has 0 spiro atoms. The number of nitrogens with two attached hydrogens (primary N) is 1. The lowest BCUT2D eigenvalue weighted by atomic mass is 10.2. The van der Waals surface area contributed by atoms with Crippen molar-refractivity contribution in [1.82, 2.24) is 14.9 Å². The van der Waals surface area contributed by atoms with E-state index in [9.17, 15) is 18.0 Å². The van der Waals surface area contributed by atoms with Gasteiger partial charge in [0.15, 0.2) is 5.82 Å². The van der Waals surface area contributed by atoms with Gasteiger partial charge in [0.25, 0.3) is 0 Å². The van der Waals surface area contributed by atoms with Crippen molar-refractivity contribution in [3.63, 3.8) is 0 Å². The molecule has 0 unspecified atom stereocenters. The van der Waals surface area contributed by atoms with E-state index in [0.717, 1.165) is 23.9 Å². The summed E-state index contributed by atoms with van der Waals surface area (Å²) in [6.45, 7) is 3.83. The van der Waals surface area contributed by atoms with Crippen LogP contribution in [0.4, 0.5) is 18.9 Å². The standard InChI is InChI=1S/C20H20F3N5O2S/c1-12(2)30-16-8-3-5-13(9-16)18-26-27-19(28(18)24)31-11-17(29)25-15-7-4-6-14(10-15)20(21,22)23/h3-10,12H,11,24H2,1-2H3,(H,25,29). The van der Waals surface area contributed by atoms with Crippen molar-refractivity contribution in [2.75, 3.05) is 16.9 Å². The molecule has 0 atom stereocenters. The maximum Gasteiger partial charge on any atom is 0.416 e. The molecule has 3 rings (SSSR count). The Kier molecular flexibility index (Phi) is 6.74. The zero-order chi connectivity index (χ0) is 22.6. The van der Waals surface area contributed by atoms with Crippen molar-refractivity contribution in [2.45, 2.75) is 31.3 Å². The van der Waals surface area contributed by atoms with E-state index in [0.29, 0.717) is 17.1 Å². The highest BCUT2D eigenvalue weighted by Gasteiger charge is 2.30. The average Bonchev–Trinajstić information content (AvgIpc) is 3.06. The number of carbonyl (C=O) groups excluding carboxylic acids is 1. The normalized spacial score (nSPS) is 11.5. The molecule has 2 aromatic carbocycles. The molecule has 3 N–H and O–H groups in total. The summed E-state index contributed by atoms with van der Waals surface area (Å²) in [7, 11) is 0. The van der Waals surface area contributed by atoms with Crippen molar-refractivity contribution in [3.8, 4) is 17.1 Å². The first kappa shape index (κ1) is 22.5. The zero-order valence-corrected chi connectivity index (χ0v) is 17.5. The van der Waals surface area contributed by atoms with Gasteiger partial charge in [0.05, 0.1) is 17.4 Å². The summed E-state index contributed by atoms with van der Waals surface area (Å²) in [5.41, 5.74) is -0.0984. The summed E-state index contributed by atoms with van der Waals surface area (Å²) < 4.78 is 45.3. The number of nitrogens with zero attached hydrogens (tertiary/aromatic N) is 3. The predicted molar refractivity (Wildman–Crippen MR) is 112 cm³/mol. The predicted octanol–water partition coefficient (Wildman–Crippen LogP) is 4.20. The van der Waals surface area contributed by atoms with Crippen LogP contribution in [-0.4, -0.2) is 32.6 Å². The van der Waals surface area contributed by atoms with Gasteiger partial charge in [-0.2, -0.15) is 13.2 Å². The van der Waals surface area contributed by atoms with Gasteiger partial charge in [-0.3, -0.25) is 4.79 Å². The Bertz CT molecular complexity index is 1070. The van der Waals surface area contributed by atoms with E-state index < -0.39 is 17.6 Å². The number of alkyl halides is 3. The van der Waals surface area contributed by atoms with Crippen molar-refractivity contribution in [1.29, 1.82) is 0 Å². The molecule has 31 heavy (non-hydrogen) atoms. The van der Waals surface area contributed by atoms with Crippen molar-refractivity contribution < 1.29 is 22.7 Å². The number of halogens is 3. The van der Waals surface area contributed by atoms with E-state index in [-0.39, 0.29) is 22.7 Å². The van der Waals surface area contributed by atoms with Gasteiger partial charge < -0.3 is 15.9 Å². The molecule has 1 heterocycles. The van der Waals surface area contributed by atoms with Crippen molar-refractivity contribution >= 4 is 23.4 Å². The third-order valence-corrected chi connectivity index (χ3v) is 4.88. The Hall–Kier alpha value is -3.21. The van der Waals surface area contributed by atoms with Crippen LogP contribution in [0.3, 0.4) is 0 Å². The summed E-state index contributed by atoms with van der Waals surface area (Å²) in [5.74, 6) is 6.50. The fourth-order valence-corrected chi connectivity index (χ4v) is 3.31. The average molecular weight is 451 g/mol. The first-order valence-corrected chi connectivity index (χ1v) is 10.2. The number of ether oxygens (including phenoxy) is 1. The highest BCUT2D eigenvalue weighted by Crippen LogP contribution is 2.31. The van der Waals surface area contributed by atoms with Gasteiger partial charge in [-0.1, -0.05) is 30.0 Å². The van der Waals surface area contributed by atoms with E-state index in [4.69, 9.17) is 10.6 Å². The molecule has 0 fully saturated rings. The molecule has 1 aromatic heterocycles. The van der Waals surface area contributed by atoms with Crippen molar-refractivity contribution in [2.24, 2.45) is 0 Å². The highest BCUT2D eigenvalue weighted by molar-refractivity contribution is 7.99. The minimum Gasteiger partial charge on any atom is -0.491 e. The van der Waals surface area contributed by atoms with Gasteiger partial charge in [-0.05, 0) is 44.2 Å². The van der Waals surface area contributed by atoms with Gasteiger partial charge in [0, 0.05) is 11.3 Å². The van der Waals surface area contributed by atoms with E-state index in [1.165, 1.54) is 16.8 Å². The molecule has 3 aromatic rings. The number of anilines is 1. The fraction of sp³-hybridized carbons (Fsp3) is 0.250. The minimum atomic E-state index is -4.49. The summed E-state index contributed by atoms with van der Waals surface area (Å²) in [6.07, 6.45) is -4.48. The number of rotatable bonds is 7.